The molecule has 0 bridgehead atoms. The van der Waals surface area contributed by atoms with Crippen molar-refractivity contribution in [1.82, 2.24) is 4.90 Å². The molecule has 1 amide bonds. The summed E-state index contributed by atoms with van der Waals surface area (Å²) < 4.78 is 10.1. The number of amides is 1. The number of carbonyl (C=O) groups excluding carboxylic acids is 2. The fraction of sp³-hybridized carbons (Fsp3) is 0.846. The molecule has 5 heteroatoms. The lowest BCUT2D eigenvalue weighted by molar-refractivity contribution is -0.129. The van der Waals surface area contributed by atoms with E-state index in [0.717, 1.165) is 0 Å². The highest BCUT2D eigenvalue weighted by Crippen LogP contribution is 2.26. The van der Waals surface area contributed by atoms with Crippen LogP contribution in [0, 0.1) is 11.8 Å². The summed E-state index contributed by atoms with van der Waals surface area (Å²) in [4.78, 5) is 25.0. The van der Waals surface area contributed by atoms with Crippen molar-refractivity contribution >= 4 is 11.9 Å². The van der Waals surface area contributed by atoms with Crippen LogP contribution in [0.2, 0.25) is 0 Å². The van der Waals surface area contributed by atoms with Gasteiger partial charge in [-0.1, -0.05) is 6.92 Å². The van der Waals surface area contributed by atoms with Gasteiger partial charge >= 0.3 is 6.09 Å². The van der Waals surface area contributed by atoms with Crippen molar-refractivity contribution < 1.29 is 19.1 Å². The maximum atomic E-state index is 11.7. The minimum atomic E-state index is -0.473. The molecule has 0 aromatic carbocycles. The van der Waals surface area contributed by atoms with Gasteiger partial charge in [0.1, 0.15) is 12.2 Å². The molecule has 0 aliphatic carbocycles. The van der Waals surface area contributed by atoms with E-state index in [1.54, 1.807) is 4.90 Å². The summed E-state index contributed by atoms with van der Waals surface area (Å²) in [6.45, 7) is 8.73. The molecule has 1 rings (SSSR count). The van der Waals surface area contributed by atoms with Crippen LogP contribution in [-0.4, -0.2) is 49.2 Å². The Morgan fingerprint density at radius 2 is 1.89 bits per heavy atom. The Morgan fingerprint density at radius 1 is 1.33 bits per heavy atom. The fourth-order valence-electron chi connectivity index (χ4n) is 1.84. The molecular weight excluding hydrogens is 234 g/mol. The molecule has 1 aliphatic rings. The van der Waals surface area contributed by atoms with E-state index in [1.807, 2.05) is 27.7 Å². The first-order valence-corrected chi connectivity index (χ1v) is 6.24. The average Bonchev–Trinajstić information content (AvgIpc) is 2.12. The minimum Gasteiger partial charge on any atom is -0.444 e. The van der Waals surface area contributed by atoms with Crippen molar-refractivity contribution in [2.45, 2.75) is 33.3 Å². The van der Waals surface area contributed by atoms with Crippen LogP contribution < -0.4 is 0 Å². The number of Topliss-reactive ketones (excluding diaryl/α,β-unsaturated/α-hetero) is 1. The molecule has 1 saturated heterocycles. The first kappa shape index (κ1) is 15.0. The van der Waals surface area contributed by atoms with Gasteiger partial charge in [-0.3, -0.25) is 4.79 Å². The molecule has 0 radical (unpaired) electrons. The summed E-state index contributed by atoms with van der Waals surface area (Å²) in [6, 6.07) is 0. The van der Waals surface area contributed by atoms with E-state index < -0.39 is 5.60 Å². The van der Waals surface area contributed by atoms with Crippen LogP contribution >= 0.6 is 0 Å². The van der Waals surface area contributed by atoms with E-state index in [-0.39, 0.29) is 30.3 Å². The van der Waals surface area contributed by atoms with Gasteiger partial charge in [0.05, 0.1) is 0 Å². The predicted octanol–water partition coefficient (Wildman–Crippen LogP) is 1.70. The second-order valence-electron chi connectivity index (χ2n) is 5.83. The first-order chi connectivity index (χ1) is 8.24. The van der Waals surface area contributed by atoms with E-state index in [4.69, 9.17) is 9.47 Å². The van der Waals surface area contributed by atoms with Crippen LogP contribution in [0.4, 0.5) is 4.79 Å². The van der Waals surface area contributed by atoms with Crippen LogP contribution in [0.1, 0.15) is 27.7 Å². The summed E-state index contributed by atoms with van der Waals surface area (Å²) in [6.07, 6.45) is -0.301. The van der Waals surface area contributed by atoms with Crippen molar-refractivity contribution in [1.29, 1.82) is 0 Å². The number of hydrogen-bond donors (Lipinski definition) is 0. The molecule has 1 atom stereocenters. The van der Waals surface area contributed by atoms with E-state index in [9.17, 15) is 9.59 Å². The molecule has 18 heavy (non-hydrogen) atoms. The summed E-state index contributed by atoms with van der Waals surface area (Å²) in [5, 5.41) is 0. The largest absolute Gasteiger partial charge is 0.444 e. The molecule has 0 aromatic rings. The molecule has 0 spiro atoms. The van der Waals surface area contributed by atoms with Crippen molar-refractivity contribution in [3.8, 4) is 0 Å². The SMILES string of the molecule is COCC(=O)C(C)C1CN(C(=O)OC(C)(C)C)C1. The highest BCUT2D eigenvalue weighted by atomic mass is 16.6. The molecule has 0 aromatic heterocycles. The van der Waals surface area contributed by atoms with Crippen LogP contribution in [0.15, 0.2) is 0 Å². The summed E-state index contributed by atoms with van der Waals surface area (Å²) >= 11 is 0. The van der Waals surface area contributed by atoms with Gasteiger partial charge in [-0.15, -0.1) is 0 Å². The Balaban J connectivity index is 2.35. The number of nitrogens with zero attached hydrogens (tertiary/aromatic N) is 1. The van der Waals surface area contributed by atoms with Crippen molar-refractivity contribution in [2.75, 3.05) is 26.8 Å². The van der Waals surface area contributed by atoms with Gasteiger partial charge in [0.2, 0.25) is 0 Å². The lowest BCUT2D eigenvalue weighted by Crippen LogP contribution is -2.54. The molecule has 5 nitrogen and oxygen atoms in total. The lowest BCUT2D eigenvalue weighted by atomic mass is 9.84. The number of hydrogen-bond acceptors (Lipinski definition) is 4. The summed E-state index contributed by atoms with van der Waals surface area (Å²) in [7, 11) is 1.51. The highest BCUT2D eigenvalue weighted by molar-refractivity contribution is 5.82. The van der Waals surface area contributed by atoms with Crippen LogP contribution in [0.3, 0.4) is 0 Å². The molecule has 1 fully saturated rings. The zero-order valence-electron chi connectivity index (χ0n) is 11.9. The van der Waals surface area contributed by atoms with Gasteiger partial charge in [-0.25, -0.2) is 4.79 Å². The van der Waals surface area contributed by atoms with Gasteiger partial charge in [-0.2, -0.15) is 0 Å². The van der Waals surface area contributed by atoms with Gasteiger partial charge in [0.15, 0.2) is 5.78 Å². The standard InChI is InChI=1S/C13H23NO4/c1-9(11(15)8-17-5)10-6-14(7-10)12(16)18-13(2,3)4/h9-10H,6-8H2,1-5H3. The average molecular weight is 257 g/mol. The van der Waals surface area contributed by atoms with Gasteiger partial charge < -0.3 is 14.4 Å². The molecule has 1 unspecified atom stereocenters. The second kappa shape index (κ2) is 5.69. The molecule has 1 aliphatic heterocycles. The van der Waals surface area contributed by atoms with Crippen LogP contribution in [0.25, 0.3) is 0 Å². The van der Waals surface area contributed by atoms with Gasteiger partial charge in [-0.05, 0) is 20.8 Å². The molecule has 104 valence electrons. The quantitative estimate of drug-likeness (QED) is 0.769. The molecule has 1 heterocycles. The number of ether oxygens (including phenoxy) is 2. The molecule has 0 saturated carbocycles. The second-order valence-corrected chi connectivity index (χ2v) is 5.83. The zero-order valence-corrected chi connectivity index (χ0v) is 11.9. The van der Waals surface area contributed by atoms with Crippen molar-refractivity contribution in [3.63, 3.8) is 0 Å². The monoisotopic (exact) mass is 257 g/mol. The van der Waals surface area contributed by atoms with E-state index in [1.165, 1.54) is 7.11 Å². The molecular formula is C13H23NO4. The lowest BCUT2D eigenvalue weighted by Gasteiger charge is -2.42. The number of ketones is 1. The third kappa shape index (κ3) is 3.98. The zero-order chi connectivity index (χ0) is 13.9. The third-order valence-corrected chi connectivity index (χ3v) is 3.06. The fourth-order valence-corrected chi connectivity index (χ4v) is 1.84. The maximum absolute atomic E-state index is 11.7. The smallest absolute Gasteiger partial charge is 0.410 e. The Bertz CT molecular complexity index is 315. The Labute approximate surface area is 108 Å². The number of methoxy groups -OCH3 is 1. The van der Waals surface area contributed by atoms with Crippen LogP contribution in [-0.2, 0) is 14.3 Å². The van der Waals surface area contributed by atoms with E-state index in [2.05, 4.69) is 0 Å². The van der Waals surface area contributed by atoms with Crippen LogP contribution in [0.5, 0.6) is 0 Å². The highest BCUT2D eigenvalue weighted by Gasteiger charge is 2.38. The maximum Gasteiger partial charge on any atom is 0.410 e. The minimum absolute atomic E-state index is 0.0661. The predicted molar refractivity (Wildman–Crippen MR) is 67.3 cm³/mol. The van der Waals surface area contributed by atoms with E-state index in [0.29, 0.717) is 13.1 Å². The van der Waals surface area contributed by atoms with E-state index >= 15 is 0 Å². The van der Waals surface area contributed by atoms with Gasteiger partial charge in [0, 0.05) is 32.0 Å². The third-order valence-electron chi connectivity index (χ3n) is 3.06. The first-order valence-electron chi connectivity index (χ1n) is 6.24. The van der Waals surface area contributed by atoms with Crippen molar-refractivity contribution in [2.24, 2.45) is 11.8 Å². The summed E-state index contributed by atoms with van der Waals surface area (Å²) in [5.74, 6) is 0.246. The Hall–Kier alpha value is -1.10. The van der Waals surface area contributed by atoms with Gasteiger partial charge in [0.25, 0.3) is 0 Å². The summed E-state index contributed by atoms with van der Waals surface area (Å²) in [5.41, 5.74) is -0.473. The number of carbonyl (C=O) groups is 2. The number of rotatable bonds is 4. The van der Waals surface area contributed by atoms with Crippen molar-refractivity contribution in [3.05, 3.63) is 0 Å². The normalized spacial score (nSPS) is 18.2. The number of likely N-dealkylation sites (tertiary alicyclic amines) is 1. The topological polar surface area (TPSA) is 55.8 Å². The Morgan fingerprint density at radius 3 is 2.33 bits per heavy atom. The molecule has 0 N–H and O–H groups in total. The Kier molecular flexibility index (Phi) is 4.73.